The number of methoxy groups -OCH3 is 1. The van der Waals surface area contributed by atoms with Crippen LogP contribution in [0.2, 0.25) is 0 Å². The number of aryl methyl sites for hydroxylation is 1. The predicted octanol–water partition coefficient (Wildman–Crippen LogP) is 1.74. The van der Waals surface area contributed by atoms with Gasteiger partial charge in [0.05, 0.1) is 23.4 Å². The van der Waals surface area contributed by atoms with E-state index in [1.807, 2.05) is 5.38 Å². The van der Waals surface area contributed by atoms with E-state index in [-0.39, 0.29) is 6.04 Å². The van der Waals surface area contributed by atoms with Crippen molar-refractivity contribution in [2.45, 2.75) is 25.8 Å². The van der Waals surface area contributed by atoms with Crippen LogP contribution in [0.1, 0.15) is 30.1 Å². The third-order valence-corrected chi connectivity index (χ3v) is 2.69. The fourth-order valence-electron chi connectivity index (χ4n) is 1.09. The molecule has 1 atom stereocenters. The zero-order valence-corrected chi connectivity index (χ0v) is 8.93. The number of nitrogens with zero attached hydrogens (tertiary/aromatic N) is 1. The van der Waals surface area contributed by atoms with Crippen molar-refractivity contribution in [1.29, 1.82) is 0 Å². The van der Waals surface area contributed by atoms with Crippen molar-refractivity contribution in [1.82, 2.24) is 4.98 Å². The van der Waals surface area contributed by atoms with Crippen molar-refractivity contribution in [2.75, 3.05) is 13.7 Å². The lowest BCUT2D eigenvalue weighted by Crippen LogP contribution is -2.16. The minimum atomic E-state index is -0.0770. The molecule has 1 aromatic rings. The highest BCUT2D eigenvalue weighted by molar-refractivity contribution is 7.09. The molecule has 0 aromatic carbocycles. The molecule has 1 rings (SSSR count). The van der Waals surface area contributed by atoms with Crippen molar-refractivity contribution in [3.8, 4) is 0 Å². The first-order valence-electron chi connectivity index (χ1n) is 4.46. The molecule has 0 spiro atoms. The Morgan fingerprint density at radius 2 is 2.46 bits per heavy atom. The molecule has 0 aliphatic heterocycles. The number of hydrogen-bond donors (Lipinski definition) is 1. The topological polar surface area (TPSA) is 48.1 Å². The second-order valence-electron chi connectivity index (χ2n) is 2.98. The standard InChI is InChI=1S/C9H16N2OS/c1-3-4-9-11-8(6-13-9)7(10)5-12-2/h6-7H,3-5,10H2,1-2H3. The van der Waals surface area contributed by atoms with E-state index in [1.165, 1.54) is 5.01 Å². The Bertz CT molecular complexity index is 250. The van der Waals surface area contributed by atoms with Crippen molar-refractivity contribution in [3.05, 3.63) is 16.1 Å². The van der Waals surface area contributed by atoms with Gasteiger partial charge in [-0.15, -0.1) is 11.3 Å². The summed E-state index contributed by atoms with van der Waals surface area (Å²) in [6, 6.07) is -0.0770. The lowest BCUT2D eigenvalue weighted by atomic mass is 10.2. The maximum absolute atomic E-state index is 5.83. The zero-order chi connectivity index (χ0) is 9.68. The smallest absolute Gasteiger partial charge is 0.0928 e. The lowest BCUT2D eigenvalue weighted by molar-refractivity contribution is 0.180. The van der Waals surface area contributed by atoms with Gasteiger partial charge in [0.15, 0.2) is 0 Å². The van der Waals surface area contributed by atoms with Gasteiger partial charge in [0.1, 0.15) is 0 Å². The largest absolute Gasteiger partial charge is 0.383 e. The first kappa shape index (κ1) is 10.6. The van der Waals surface area contributed by atoms with Crippen LogP contribution in [0.5, 0.6) is 0 Å². The summed E-state index contributed by atoms with van der Waals surface area (Å²) in [4.78, 5) is 4.43. The molecular formula is C9H16N2OS. The van der Waals surface area contributed by atoms with E-state index < -0.39 is 0 Å². The molecule has 0 aliphatic carbocycles. The average Bonchev–Trinajstić information content (AvgIpc) is 2.54. The van der Waals surface area contributed by atoms with E-state index in [0.717, 1.165) is 18.5 Å². The lowest BCUT2D eigenvalue weighted by Gasteiger charge is -2.05. The van der Waals surface area contributed by atoms with Crippen LogP contribution >= 0.6 is 11.3 Å². The summed E-state index contributed by atoms with van der Waals surface area (Å²) in [6.07, 6.45) is 2.18. The number of rotatable bonds is 5. The van der Waals surface area contributed by atoms with Gasteiger partial charge in [-0.1, -0.05) is 6.92 Å². The van der Waals surface area contributed by atoms with Gasteiger partial charge in [-0.25, -0.2) is 4.98 Å². The Labute approximate surface area is 82.9 Å². The predicted molar refractivity (Wildman–Crippen MR) is 54.9 cm³/mol. The Hall–Kier alpha value is -0.450. The monoisotopic (exact) mass is 200 g/mol. The van der Waals surface area contributed by atoms with Crippen LogP contribution in [0.3, 0.4) is 0 Å². The molecule has 2 N–H and O–H groups in total. The first-order chi connectivity index (χ1) is 6.27. The summed E-state index contributed by atoms with van der Waals surface area (Å²) in [7, 11) is 1.65. The molecule has 1 heterocycles. The minimum Gasteiger partial charge on any atom is -0.383 e. The molecule has 3 nitrogen and oxygen atoms in total. The van der Waals surface area contributed by atoms with Gasteiger partial charge in [0, 0.05) is 12.5 Å². The molecule has 0 bridgehead atoms. The highest BCUT2D eigenvalue weighted by Gasteiger charge is 2.09. The molecular weight excluding hydrogens is 184 g/mol. The van der Waals surface area contributed by atoms with Gasteiger partial charge in [-0.2, -0.15) is 0 Å². The van der Waals surface area contributed by atoms with Gasteiger partial charge in [0.25, 0.3) is 0 Å². The second kappa shape index (κ2) is 5.32. The summed E-state index contributed by atoms with van der Waals surface area (Å²) >= 11 is 1.68. The molecule has 1 aromatic heterocycles. The van der Waals surface area contributed by atoms with Gasteiger partial charge in [-0.05, 0) is 12.8 Å². The van der Waals surface area contributed by atoms with E-state index in [4.69, 9.17) is 10.5 Å². The van der Waals surface area contributed by atoms with Crippen molar-refractivity contribution < 1.29 is 4.74 Å². The van der Waals surface area contributed by atoms with Gasteiger partial charge < -0.3 is 10.5 Å². The summed E-state index contributed by atoms with van der Waals surface area (Å²) in [6.45, 7) is 2.69. The molecule has 0 radical (unpaired) electrons. The average molecular weight is 200 g/mol. The van der Waals surface area contributed by atoms with Crippen molar-refractivity contribution in [2.24, 2.45) is 5.73 Å². The van der Waals surface area contributed by atoms with Crippen LogP contribution < -0.4 is 5.73 Å². The Balaban J connectivity index is 2.56. The molecule has 0 aliphatic rings. The first-order valence-corrected chi connectivity index (χ1v) is 5.34. The normalized spacial score (nSPS) is 13.2. The molecule has 1 unspecified atom stereocenters. The molecule has 0 saturated heterocycles. The van der Waals surface area contributed by atoms with E-state index in [1.54, 1.807) is 18.4 Å². The second-order valence-corrected chi connectivity index (χ2v) is 3.92. The SMILES string of the molecule is CCCc1nc(C(N)COC)cs1. The van der Waals surface area contributed by atoms with Crippen molar-refractivity contribution >= 4 is 11.3 Å². The van der Waals surface area contributed by atoms with Crippen LogP contribution in [0, 0.1) is 0 Å². The molecule has 4 heteroatoms. The Morgan fingerprint density at radius 3 is 3.08 bits per heavy atom. The zero-order valence-electron chi connectivity index (χ0n) is 8.12. The number of hydrogen-bond acceptors (Lipinski definition) is 4. The summed E-state index contributed by atoms with van der Waals surface area (Å²) in [5.41, 5.74) is 6.79. The van der Waals surface area contributed by atoms with Gasteiger partial charge >= 0.3 is 0 Å². The van der Waals surface area contributed by atoms with E-state index >= 15 is 0 Å². The van der Waals surface area contributed by atoms with E-state index in [0.29, 0.717) is 6.61 Å². The molecule has 74 valence electrons. The highest BCUT2D eigenvalue weighted by atomic mass is 32.1. The van der Waals surface area contributed by atoms with E-state index in [9.17, 15) is 0 Å². The van der Waals surface area contributed by atoms with Gasteiger partial charge in [-0.3, -0.25) is 0 Å². The third kappa shape index (κ3) is 3.06. The van der Waals surface area contributed by atoms with Crippen LogP contribution in [-0.4, -0.2) is 18.7 Å². The van der Waals surface area contributed by atoms with Crippen LogP contribution in [0.25, 0.3) is 0 Å². The highest BCUT2D eigenvalue weighted by Crippen LogP contribution is 2.16. The number of thiazole rings is 1. The minimum absolute atomic E-state index is 0.0770. The Kier molecular flexibility index (Phi) is 4.35. The van der Waals surface area contributed by atoms with E-state index in [2.05, 4.69) is 11.9 Å². The molecule has 0 fully saturated rings. The van der Waals surface area contributed by atoms with Crippen LogP contribution in [-0.2, 0) is 11.2 Å². The number of aromatic nitrogens is 1. The summed E-state index contributed by atoms with van der Waals surface area (Å²) in [5.74, 6) is 0. The fourth-order valence-corrected chi connectivity index (χ4v) is 2.05. The summed E-state index contributed by atoms with van der Waals surface area (Å²) < 4.78 is 4.97. The Morgan fingerprint density at radius 1 is 1.69 bits per heavy atom. The maximum atomic E-state index is 5.83. The van der Waals surface area contributed by atoms with Gasteiger partial charge in [0.2, 0.25) is 0 Å². The molecule has 13 heavy (non-hydrogen) atoms. The quantitative estimate of drug-likeness (QED) is 0.787. The number of nitrogens with two attached hydrogens (primary N) is 1. The van der Waals surface area contributed by atoms with Crippen LogP contribution in [0.4, 0.5) is 0 Å². The fraction of sp³-hybridized carbons (Fsp3) is 0.667. The molecule has 0 amide bonds. The maximum Gasteiger partial charge on any atom is 0.0928 e. The molecule has 0 saturated carbocycles. The van der Waals surface area contributed by atoms with Crippen LogP contribution in [0.15, 0.2) is 5.38 Å². The number of ether oxygens (including phenoxy) is 1. The van der Waals surface area contributed by atoms with Crippen molar-refractivity contribution in [3.63, 3.8) is 0 Å². The summed E-state index contributed by atoms with van der Waals surface area (Å²) in [5, 5.41) is 3.19. The third-order valence-electron chi connectivity index (χ3n) is 1.76.